The maximum absolute atomic E-state index is 6.19. The van der Waals surface area contributed by atoms with E-state index in [1.807, 2.05) is 6.07 Å². The van der Waals surface area contributed by atoms with E-state index in [2.05, 4.69) is 51.2 Å². The molecule has 0 aromatic heterocycles. The maximum Gasteiger partial charge on any atom is 0.0408 e. The van der Waals surface area contributed by atoms with Crippen LogP contribution in [0.5, 0.6) is 0 Å². The smallest absolute Gasteiger partial charge is 0.0408 e. The Hall–Kier alpha value is -0.530. The summed E-state index contributed by atoms with van der Waals surface area (Å²) in [7, 11) is 0. The highest BCUT2D eigenvalue weighted by Gasteiger charge is 2.45. The molecule has 1 fully saturated rings. The molecule has 0 saturated heterocycles. The summed E-state index contributed by atoms with van der Waals surface area (Å²) in [6, 6.07) is 8.47. The number of hydrogen-bond donors (Lipinski definition) is 1. The lowest BCUT2D eigenvalue weighted by molar-refractivity contribution is 0.0971. The number of rotatable bonds is 6. The fraction of sp³-hybridized carbons (Fsp3) is 0.667. The summed E-state index contributed by atoms with van der Waals surface area (Å²) >= 11 is 6.19. The second kappa shape index (κ2) is 6.49. The molecular weight excluding hydrogens is 266 g/mol. The fourth-order valence-electron chi connectivity index (χ4n) is 3.32. The molecule has 1 saturated carbocycles. The van der Waals surface area contributed by atoms with Crippen molar-refractivity contribution in [2.75, 3.05) is 13.1 Å². The van der Waals surface area contributed by atoms with Gasteiger partial charge < -0.3 is 5.32 Å². The fourth-order valence-corrected chi connectivity index (χ4v) is 3.51. The van der Waals surface area contributed by atoms with Crippen molar-refractivity contribution in [3.05, 3.63) is 34.9 Å². The van der Waals surface area contributed by atoms with Crippen LogP contribution in [0.4, 0.5) is 0 Å². The van der Waals surface area contributed by atoms with Gasteiger partial charge in [0.2, 0.25) is 0 Å². The summed E-state index contributed by atoms with van der Waals surface area (Å²) in [5, 5.41) is 4.52. The first-order valence-electron chi connectivity index (χ1n) is 7.90. The zero-order valence-electron chi connectivity index (χ0n) is 13.2. The number of benzene rings is 1. The van der Waals surface area contributed by atoms with Crippen LogP contribution < -0.4 is 5.32 Å². The molecule has 1 aromatic carbocycles. The van der Waals surface area contributed by atoms with Gasteiger partial charge in [-0.15, -0.1) is 0 Å². The van der Waals surface area contributed by atoms with E-state index in [4.69, 9.17) is 11.6 Å². The zero-order valence-corrected chi connectivity index (χ0v) is 14.0. The van der Waals surface area contributed by atoms with Gasteiger partial charge in [-0.05, 0) is 54.8 Å². The zero-order chi connectivity index (χ0) is 14.8. The standard InChI is InChI=1S/C18H28ClN/c1-13(2)11-20-12-18(9-15(10-18)14(3)4)16-6-5-7-17(19)8-16/h5-8,13-15,20H,9-12H2,1-4H3. The molecule has 0 unspecified atom stereocenters. The van der Waals surface area contributed by atoms with Crippen LogP contribution in [0, 0.1) is 17.8 Å². The minimum Gasteiger partial charge on any atom is -0.316 e. The lowest BCUT2D eigenvalue weighted by atomic mass is 9.56. The van der Waals surface area contributed by atoms with Crippen LogP contribution in [0.1, 0.15) is 46.1 Å². The largest absolute Gasteiger partial charge is 0.316 e. The van der Waals surface area contributed by atoms with E-state index in [9.17, 15) is 0 Å². The molecule has 20 heavy (non-hydrogen) atoms. The molecule has 2 rings (SSSR count). The third-order valence-corrected chi connectivity index (χ3v) is 4.94. The Morgan fingerprint density at radius 2 is 1.95 bits per heavy atom. The second-order valence-corrected chi connectivity index (χ2v) is 7.66. The van der Waals surface area contributed by atoms with Gasteiger partial charge in [-0.3, -0.25) is 0 Å². The SMILES string of the molecule is CC(C)CNCC1(c2cccc(Cl)c2)CC(C(C)C)C1. The van der Waals surface area contributed by atoms with Crippen molar-refractivity contribution < 1.29 is 0 Å². The van der Waals surface area contributed by atoms with Gasteiger partial charge in [0.25, 0.3) is 0 Å². The molecule has 112 valence electrons. The Bertz CT molecular complexity index is 433. The van der Waals surface area contributed by atoms with Crippen LogP contribution in [-0.4, -0.2) is 13.1 Å². The molecule has 0 heterocycles. The van der Waals surface area contributed by atoms with Gasteiger partial charge in [0, 0.05) is 17.0 Å². The van der Waals surface area contributed by atoms with Gasteiger partial charge in [-0.2, -0.15) is 0 Å². The Balaban J connectivity index is 2.10. The number of halogens is 1. The quantitative estimate of drug-likeness (QED) is 0.787. The average Bonchev–Trinajstić information content (AvgIpc) is 2.31. The summed E-state index contributed by atoms with van der Waals surface area (Å²) in [4.78, 5) is 0. The summed E-state index contributed by atoms with van der Waals surface area (Å²) in [6.07, 6.45) is 2.58. The van der Waals surface area contributed by atoms with Crippen molar-refractivity contribution in [1.29, 1.82) is 0 Å². The molecule has 0 aliphatic heterocycles. The summed E-state index contributed by atoms with van der Waals surface area (Å²) in [5.74, 6) is 2.34. The van der Waals surface area contributed by atoms with Crippen LogP contribution >= 0.6 is 11.6 Å². The highest BCUT2D eigenvalue weighted by molar-refractivity contribution is 6.30. The van der Waals surface area contributed by atoms with Crippen molar-refractivity contribution in [2.24, 2.45) is 17.8 Å². The van der Waals surface area contributed by atoms with Gasteiger partial charge in [0.15, 0.2) is 0 Å². The van der Waals surface area contributed by atoms with E-state index in [1.165, 1.54) is 18.4 Å². The molecule has 2 heteroatoms. The van der Waals surface area contributed by atoms with Crippen molar-refractivity contribution in [3.8, 4) is 0 Å². The minimum atomic E-state index is 0.300. The molecule has 0 atom stereocenters. The highest BCUT2D eigenvalue weighted by atomic mass is 35.5. The van der Waals surface area contributed by atoms with E-state index in [-0.39, 0.29) is 0 Å². The molecule has 0 amide bonds. The number of hydrogen-bond acceptors (Lipinski definition) is 1. The second-order valence-electron chi connectivity index (χ2n) is 7.23. The third-order valence-electron chi connectivity index (χ3n) is 4.70. The van der Waals surface area contributed by atoms with Crippen molar-refractivity contribution in [1.82, 2.24) is 5.32 Å². The van der Waals surface area contributed by atoms with Crippen LogP contribution in [0.3, 0.4) is 0 Å². The molecule has 1 nitrogen and oxygen atoms in total. The molecule has 1 aliphatic rings. The van der Waals surface area contributed by atoms with E-state index in [0.717, 1.165) is 29.9 Å². The monoisotopic (exact) mass is 293 g/mol. The van der Waals surface area contributed by atoms with E-state index < -0.39 is 0 Å². The lowest BCUT2D eigenvalue weighted by Gasteiger charge is -2.50. The normalized spacial score (nSPS) is 26.1. The molecule has 0 bridgehead atoms. The first-order chi connectivity index (χ1) is 9.43. The highest BCUT2D eigenvalue weighted by Crippen LogP contribution is 2.50. The van der Waals surface area contributed by atoms with Crippen LogP contribution in [-0.2, 0) is 5.41 Å². The molecule has 1 aromatic rings. The molecule has 0 radical (unpaired) electrons. The Morgan fingerprint density at radius 3 is 2.50 bits per heavy atom. The molecule has 1 N–H and O–H groups in total. The predicted molar refractivity (Wildman–Crippen MR) is 88.4 cm³/mol. The third kappa shape index (κ3) is 3.56. The topological polar surface area (TPSA) is 12.0 Å². The van der Waals surface area contributed by atoms with Crippen LogP contribution in [0.2, 0.25) is 5.02 Å². The van der Waals surface area contributed by atoms with E-state index in [0.29, 0.717) is 11.3 Å². The van der Waals surface area contributed by atoms with Crippen LogP contribution in [0.15, 0.2) is 24.3 Å². The van der Waals surface area contributed by atoms with E-state index >= 15 is 0 Å². The molecule has 1 aliphatic carbocycles. The van der Waals surface area contributed by atoms with Gasteiger partial charge in [-0.25, -0.2) is 0 Å². The number of nitrogens with one attached hydrogen (secondary N) is 1. The Labute approximate surface area is 129 Å². The lowest BCUT2D eigenvalue weighted by Crippen LogP contribution is -2.50. The molecular formula is C18H28ClN. The maximum atomic E-state index is 6.19. The summed E-state index contributed by atoms with van der Waals surface area (Å²) in [6.45, 7) is 11.4. The first-order valence-corrected chi connectivity index (χ1v) is 8.27. The van der Waals surface area contributed by atoms with Crippen molar-refractivity contribution >= 4 is 11.6 Å². The van der Waals surface area contributed by atoms with Gasteiger partial charge in [0.1, 0.15) is 0 Å². The van der Waals surface area contributed by atoms with Gasteiger partial charge >= 0.3 is 0 Å². The average molecular weight is 294 g/mol. The van der Waals surface area contributed by atoms with Crippen molar-refractivity contribution in [2.45, 2.75) is 46.0 Å². The predicted octanol–water partition coefficient (Wildman–Crippen LogP) is 4.89. The molecule has 0 spiro atoms. The van der Waals surface area contributed by atoms with Crippen molar-refractivity contribution in [3.63, 3.8) is 0 Å². The Morgan fingerprint density at radius 1 is 1.25 bits per heavy atom. The van der Waals surface area contributed by atoms with Gasteiger partial charge in [-0.1, -0.05) is 51.4 Å². The Kier molecular flexibility index (Phi) is 5.14. The minimum absolute atomic E-state index is 0.300. The summed E-state index contributed by atoms with van der Waals surface area (Å²) < 4.78 is 0. The van der Waals surface area contributed by atoms with E-state index in [1.54, 1.807) is 0 Å². The van der Waals surface area contributed by atoms with Crippen LogP contribution in [0.25, 0.3) is 0 Å². The summed E-state index contributed by atoms with van der Waals surface area (Å²) in [5.41, 5.74) is 1.72. The van der Waals surface area contributed by atoms with Gasteiger partial charge in [0.05, 0.1) is 0 Å². The first kappa shape index (κ1) is 15.9.